The third-order valence-electron chi connectivity index (χ3n) is 2.22. The van der Waals surface area contributed by atoms with E-state index in [-0.39, 0.29) is 23.5 Å². The van der Waals surface area contributed by atoms with Crippen molar-refractivity contribution in [3.8, 4) is 0 Å². The summed E-state index contributed by atoms with van der Waals surface area (Å²) in [5.41, 5.74) is 0. The van der Waals surface area contributed by atoms with Crippen molar-refractivity contribution < 1.29 is 9.18 Å². The van der Waals surface area contributed by atoms with Gasteiger partial charge in [-0.25, -0.2) is 4.39 Å². The maximum atomic E-state index is 13.2. The minimum absolute atomic E-state index is 0.0531. The van der Waals surface area contributed by atoms with E-state index in [0.717, 1.165) is 6.42 Å². The number of thioether (sulfide) groups is 1. The van der Waals surface area contributed by atoms with E-state index in [0.29, 0.717) is 4.90 Å². The topological polar surface area (TPSA) is 29.1 Å². The van der Waals surface area contributed by atoms with E-state index in [2.05, 4.69) is 5.32 Å². The van der Waals surface area contributed by atoms with Crippen LogP contribution in [-0.2, 0) is 4.79 Å². The highest BCUT2D eigenvalue weighted by molar-refractivity contribution is 8.00. The number of carbonyl (C=O) groups excluding carboxylic acids is 1. The van der Waals surface area contributed by atoms with Gasteiger partial charge in [0.1, 0.15) is 5.82 Å². The second-order valence-corrected chi connectivity index (χ2v) is 4.61. The maximum Gasteiger partial charge on any atom is 0.230 e. The van der Waals surface area contributed by atoms with Gasteiger partial charge in [-0.2, -0.15) is 0 Å². The van der Waals surface area contributed by atoms with Gasteiger partial charge >= 0.3 is 0 Å². The fourth-order valence-corrected chi connectivity index (χ4v) is 1.87. The molecule has 88 valence electrons. The molecule has 1 atom stereocenters. The summed E-state index contributed by atoms with van der Waals surface area (Å²) >= 11 is 1.22. The van der Waals surface area contributed by atoms with Gasteiger partial charge in [-0.3, -0.25) is 4.79 Å². The Morgan fingerprint density at radius 2 is 2.19 bits per heavy atom. The molecule has 0 heterocycles. The number of halogens is 1. The first-order chi connectivity index (χ1) is 7.63. The Morgan fingerprint density at radius 1 is 1.50 bits per heavy atom. The van der Waals surface area contributed by atoms with Gasteiger partial charge in [0, 0.05) is 10.9 Å². The van der Waals surface area contributed by atoms with E-state index in [1.165, 1.54) is 17.8 Å². The quantitative estimate of drug-likeness (QED) is 0.803. The van der Waals surface area contributed by atoms with Crippen LogP contribution >= 0.6 is 11.8 Å². The summed E-state index contributed by atoms with van der Waals surface area (Å²) in [5.74, 6) is -0.0721. The van der Waals surface area contributed by atoms with E-state index >= 15 is 0 Å². The highest BCUT2D eigenvalue weighted by Crippen LogP contribution is 2.20. The van der Waals surface area contributed by atoms with E-state index in [9.17, 15) is 9.18 Å². The number of carbonyl (C=O) groups is 1. The summed E-state index contributed by atoms with van der Waals surface area (Å²) in [6.07, 6.45) is 0.899. The predicted octanol–water partition coefficient (Wildman–Crippen LogP) is 2.83. The molecule has 0 aliphatic carbocycles. The lowest BCUT2D eigenvalue weighted by molar-refractivity contribution is -0.119. The Balaban J connectivity index is 2.40. The molecule has 1 amide bonds. The number of hydrogen-bond acceptors (Lipinski definition) is 2. The van der Waals surface area contributed by atoms with Crippen LogP contribution in [0.2, 0.25) is 0 Å². The number of rotatable bonds is 5. The average molecular weight is 241 g/mol. The fraction of sp³-hybridized carbons (Fsp3) is 0.417. The Morgan fingerprint density at radius 3 is 2.81 bits per heavy atom. The van der Waals surface area contributed by atoms with Crippen LogP contribution in [0, 0.1) is 5.82 Å². The molecule has 0 aromatic heterocycles. The molecular weight excluding hydrogens is 225 g/mol. The molecular formula is C12H16FNOS. The number of benzene rings is 1. The molecule has 1 unspecified atom stereocenters. The fourth-order valence-electron chi connectivity index (χ4n) is 1.12. The molecule has 0 radical (unpaired) electrons. The second kappa shape index (κ2) is 6.53. The van der Waals surface area contributed by atoms with Crippen LogP contribution in [0.15, 0.2) is 29.2 Å². The minimum atomic E-state index is -0.274. The first kappa shape index (κ1) is 13.0. The van der Waals surface area contributed by atoms with E-state index in [1.807, 2.05) is 13.8 Å². The molecule has 0 aliphatic rings. The van der Waals surface area contributed by atoms with E-state index in [1.54, 1.807) is 18.2 Å². The molecule has 16 heavy (non-hydrogen) atoms. The Labute approximate surface area is 99.6 Å². The molecule has 4 heteroatoms. The highest BCUT2D eigenvalue weighted by Gasteiger charge is 2.07. The zero-order valence-corrected chi connectivity index (χ0v) is 10.3. The van der Waals surface area contributed by atoms with Gasteiger partial charge < -0.3 is 5.32 Å². The summed E-state index contributed by atoms with van der Waals surface area (Å²) in [6.45, 7) is 3.96. The van der Waals surface area contributed by atoms with E-state index in [4.69, 9.17) is 0 Å². The van der Waals surface area contributed by atoms with Crippen LogP contribution in [0.5, 0.6) is 0 Å². The second-order valence-electron chi connectivity index (χ2n) is 3.60. The predicted molar refractivity (Wildman–Crippen MR) is 65.0 cm³/mol. The Bertz CT molecular complexity index is 357. The standard InChI is InChI=1S/C12H16FNOS/c1-3-9(2)14-12(15)8-16-11-7-5-4-6-10(11)13/h4-7,9H,3,8H2,1-2H3,(H,14,15). The van der Waals surface area contributed by atoms with Crippen molar-refractivity contribution in [2.75, 3.05) is 5.75 Å². The third kappa shape index (κ3) is 4.23. The number of amides is 1. The van der Waals surface area contributed by atoms with E-state index < -0.39 is 0 Å². The summed E-state index contributed by atoms with van der Waals surface area (Å²) < 4.78 is 13.2. The highest BCUT2D eigenvalue weighted by atomic mass is 32.2. The molecule has 0 saturated heterocycles. The van der Waals surface area contributed by atoms with Crippen molar-refractivity contribution in [2.24, 2.45) is 0 Å². The van der Waals surface area contributed by atoms with Crippen molar-refractivity contribution in [1.29, 1.82) is 0 Å². The van der Waals surface area contributed by atoms with Crippen molar-refractivity contribution >= 4 is 17.7 Å². The third-order valence-corrected chi connectivity index (χ3v) is 3.26. The van der Waals surface area contributed by atoms with Gasteiger partial charge in [-0.1, -0.05) is 19.1 Å². The monoisotopic (exact) mass is 241 g/mol. The summed E-state index contributed by atoms with van der Waals surface area (Å²) in [6, 6.07) is 6.65. The van der Waals surface area contributed by atoms with Gasteiger partial charge in [0.2, 0.25) is 5.91 Å². The molecule has 1 aromatic carbocycles. The molecule has 2 nitrogen and oxygen atoms in total. The summed E-state index contributed by atoms with van der Waals surface area (Å²) in [5, 5.41) is 2.84. The molecule has 0 spiro atoms. The first-order valence-electron chi connectivity index (χ1n) is 5.30. The Kier molecular flexibility index (Phi) is 5.32. The lowest BCUT2D eigenvalue weighted by Gasteiger charge is -2.10. The van der Waals surface area contributed by atoms with Crippen molar-refractivity contribution in [3.63, 3.8) is 0 Å². The zero-order chi connectivity index (χ0) is 12.0. The van der Waals surface area contributed by atoms with Gasteiger partial charge in [0.25, 0.3) is 0 Å². The normalized spacial score (nSPS) is 12.2. The van der Waals surface area contributed by atoms with Crippen LogP contribution in [0.3, 0.4) is 0 Å². The summed E-state index contributed by atoms with van der Waals surface area (Å²) in [7, 11) is 0. The lowest BCUT2D eigenvalue weighted by atomic mass is 10.3. The van der Waals surface area contributed by atoms with Crippen molar-refractivity contribution in [2.45, 2.75) is 31.2 Å². The first-order valence-corrected chi connectivity index (χ1v) is 6.28. The molecule has 1 aromatic rings. The SMILES string of the molecule is CCC(C)NC(=O)CSc1ccccc1F. The number of hydrogen-bond donors (Lipinski definition) is 1. The van der Waals surface area contributed by atoms with Gasteiger partial charge in [-0.15, -0.1) is 11.8 Å². The number of nitrogens with one attached hydrogen (secondary N) is 1. The zero-order valence-electron chi connectivity index (χ0n) is 9.50. The van der Waals surface area contributed by atoms with Crippen molar-refractivity contribution in [1.82, 2.24) is 5.32 Å². The van der Waals surface area contributed by atoms with Crippen LogP contribution in [-0.4, -0.2) is 17.7 Å². The maximum absolute atomic E-state index is 13.2. The van der Waals surface area contributed by atoms with Gasteiger partial charge in [-0.05, 0) is 25.5 Å². The minimum Gasteiger partial charge on any atom is -0.353 e. The average Bonchev–Trinajstić information content (AvgIpc) is 2.28. The van der Waals surface area contributed by atoms with Gasteiger partial charge in [0.05, 0.1) is 5.75 Å². The lowest BCUT2D eigenvalue weighted by Crippen LogP contribution is -2.33. The van der Waals surface area contributed by atoms with Crippen molar-refractivity contribution in [3.05, 3.63) is 30.1 Å². The molecule has 0 saturated carbocycles. The van der Waals surface area contributed by atoms with Gasteiger partial charge in [0.15, 0.2) is 0 Å². The smallest absolute Gasteiger partial charge is 0.230 e. The van der Waals surface area contributed by atoms with Crippen LogP contribution < -0.4 is 5.32 Å². The molecule has 0 aliphatic heterocycles. The van der Waals surface area contributed by atoms with Crippen LogP contribution in [0.25, 0.3) is 0 Å². The van der Waals surface area contributed by atoms with Crippen LogP contribution in [0.1, 0.15) is 20.3 Å². The molecule has 0 bridgehead atoms. The van der Waals surface area contributed by atoms with Crippen LogP contribution in [0.4, 0.5) is 4.39 Å². The largest absolute Gasteiger partial charge is 0.353 e. The molecule has 1 N–H and O–H groups in total. The molecule has 0 fully saturated rings. The Hall–Kier alpha value is -1.03. The summed E-state index contributed by atoms with van der Waals surface area (Å²) in [4.78, 5) is 12.0. The molecule has 1 rings (SSSR count).